The van der Waals surface area contributed by atoms with Crippen LogP contribution in [-0.2, 0) is 0 Å². The van der Waals surface area contributed by atoms with Gasteiger partial charge in [-0.15, -0.1) is 0 Å². The third-order valence-electron chi connectivity index (χ3n) is 5.43. The number of nitrogens with two attached hydrogens (primary N) is 1. The average molecular weight is 298 g/mol. The summed E-state index contributed by atoms with van der Waals surface area (Å²) in [6, 6.07) is 5.94. The number of fused-ring (bicyclic) bond motifs is 1. The van der Waals surface area contributed by atoms with Crippen LogP contribution in [0.4, 0.5) is 0 Å². The Hall–Kier alpha value is -1.88. The van der Waals surface area contributed by atoms with Crippen LogP contribution in [-0.4, -0.2) is 27.8 Å². The molecule has 22 heavy (non-hydrogen) atoms. The van der Waals surface area contributed by atoms with E-state index >= 15 is 0 Å². The number of hydrogen-bond acceptors (Lipinski definition) is 3. The van der Waals surface area contributed by atoms with Crippen molar-refractivity contribution in [3.05, 3.63) is 30.0 Å². The van der Waals surface area contributed by atoms with Crippen LogP contribution in [0, 0.1) is 0 Å². The van der Waals surface area contributed by atoms with E-state index in [4.69, 9.17) is 10.8 Å². The molecule has 0 bridgehead atoms. The second kappa shape index (κ2) is 5.09. The fraction of sp³-hybridized carbons (Fsp3) is 0.529. The molecule has 5 heteroatoms. The summed E-state index contributed by atoms with van der Waals surface area (Å²) in [4.78, 5) is 11.3. The number of primary amides is 1. The van der Waals surface area contributed by atoms with Crippen molar-refractivity contribution in [3.8, 4) is 0 Å². The molecule has 1 spiro atoms. The molecule has 1 aliphatic carbocycles. The summed E-state index contributed by atoms with van der Waals surface area (Å²) < 4.78 is 2.09. The van der Waals surface area contributed by atoms with E-state index in [-0.39, 0.29) is 5.91 Å². The SMILES string of the molecule is NC(=O)c1ccc2nn(C3CCC4(CCCN4)CC3)cc2c1. The largest absolute Gasteiger partial charge is 0.366 e. The summed E-state index contributed by atoms with van der Waals surface area (Å²) in [6.45, 7) is 1.17. The topological polar surface area (TPSA) is 72.9 Å². The van der Waals surface area contributed by atoms with Crippen LogP contribution >= 0.6 is 0 Å². The van der Waals surface area contributed by atoms with Gasteiger partial charge in [-0.1, -0.05) is 0 Å². The quantitative estimate of drug-likeness (QED) is 0.894. The lowest BCUT2D eigenvalue weighted by Gasteiger charge is -2.37. The summed E-state index contributed by atoms with van der Waals surface area (Å²) in [6.07, 6.45) is 9.51. The van der Waals surface area contributed by atoms with Crippen molar-refractivity contribution in [2.75, 3.05) is 6.54 Å². The Labute approximate surface area is 129 Å². The smallest absolute Gasteiger partial charge is 0.248 e. The van der Waals surface area contributed by atoms with Gasteiger partial charge in [-0.2, -0.15) is 5.10 Å². The van der Waals surface area contributed by atoms with E-state index in [1.807, 2.05) is 12.1 Å². The van der Waals surface area contributed by atoms with Gasteiger partial charge in [-0.05, 0) is 63.3 Å². The predicted octanol–water partition coefficient (Wildman–Crippen LogP) is 2.37. The van der Waals surface area contributed by atoms with Crippen molar-refractivity contribution in [2.24, 2.45) is 5.73 Å². The number of carbonyl (C=O) groups is 1. The summed E-state index contributed by atoms with van der Waals surface area (Å²) in [7, 11) is 0. The maximum Gasteiger partial charge on any atom is 0.248 e. The van der Waals surface area contributed by atoms with E-state index in [1.54, 1.807) is 6.07 Å². The Kier molecular flexibility index (Phi) is 3.18. The minimum atomic E-state index is -0.387. The van der Waals surface area contributed by atoms with Crippen molar-refractivity contribution < 1.29 is 4.79 Å². The molecule has 1 aromatic carbocycles. The van der Waals surface area contributed by atoms with Gasteiger partial charge in [-0.3, -0.25) is 9.48 Å². The highest BCUT2D eigenvalue weighted by Crippen LogP contribution is 2.39. The summed E-state index contributed by atoms with van der Waals surface area (Å²) in [5.41, 5.74) is 7.23. The molecule has 2 aliphatic rings. The minimum Gasteiger partial charge on any atom is -0.366 e. The molecule has 5 nitrogen and oxygen atoms in total. The zero-order chi connectivity index (χ0) is 15.2. The Morgan fingerprint density at radius 1 is 1.32 bits per heavy atom. The lowest BCUT2D eigenvalue weighted by Crippen LogP contribution is -2.43. The molecule has 1 saturated carbocycles. The maximum atomic E-state index is 11.3. The average Bonchev–Trinajstić information content (AvgIpc) is 3.14. The molecular weight excluding hydrogens is 276 g/mol. The number of rotatable bonds is 2. The fourth-order valence-corrected chi connectivity index (χ4v) is 4.10. The van der Waals surface area contributed by atoms with Gasteiger partial charge in [0.05, 0.1) is 11.6 Å². The van der Waals surface area contributed by atoms with Crippen LogP contribution in [0.3, 0.4) is 0 Å². The summed E-state index contributed by atoms with van der Waals surface area (Å²) in [5.74, 6) is -0.387. The first-order chi connectivity index (χ1) is 10.7. The van der Waals surface area contributed by atoms with Gasteiger partial charge >= 0.3 is 0 Å². The number of nitrogens with zero attached hydrogens (tertiary/aromatic N) is 2. The van der Waals surface area contributed by atoms with Crippen molar-refractivity contribution in [2.45, 2.75) is 50.1 Å². The van der Waals surface area contributed by atoms with Gasteiger partial charge in [0, 0.05) is 22.7 Å². The second-order valence-electron chi connectivity index (χ2n) is 6.79. The highest BCUT2D eigenvalue weighted by atomic mass is 16.1. The first-order valence-electron chi connectivity index (χ1n) is 8.19. The first-order valence-corrected chi connectivity index (χ1v) is 8.19. The highest BCUT2D eigenvalue weighted by Gasteiger charge is 2.37. The van der Waals surface area contributed by atoms with Gasteiger partial charge in [0.25, 0.3) is 0 Å². The lowest BCUT2D eigenvalue weighted by molar-refractivity contribution is 0.100. The molecule has 2 fully saturated rings. The van der Waals surface area contributed by atoms with Crippen molar-refractivity contribution in [3.63, 3.8) is 0 Å². The molecule has 1 saturated heterocycles. The van der Waals surface area contributed by atoms with Crippen molar-refractivity contribution >= 4 is 16.8 Å². The van der Waals surface area contributed by atoms with Crippen LogP contribution in [0.5, 0.6) is 0 Å². The van der Waals surface area contributed by atoms with Crippen LogP contribution in [0.15, 0.2) is 24.4 Å². The molecule has 3 N–H and O–H groups in total. The number of benzene rings is 1. The van der Waals surface area contributed by atoms with E-state index in [2.05, 4.69) is 16.2 Å². The minimum absolute atomic E-state index is 0.387. The maximum absolute atomic E-state index is 11.3. The molecule has 2 heterocycles. The zero-order valence-electron chi connectivity index (χ0n) is 12.7. The van der Waals surface area contributed by atoms with Crippen molar-refractivity contribution in [1.82, 2.24) is 15.1 Å². The molecule has 116 valence electrons. The van der Waals surface area contributed by atoms with E-state index in [9.17, 15) is 4.79 Å². The Morgan fingerprint density at radius 2 is 2.14 bits per heavy atom. The van der Waals surface area contributed by atoms with Gasteiger partial charge in [0.15, 0.2) is 0 Å². The highest BCUT2D eigenvalue weighted by molar-refractivity contribution is 5.96. The number of amides is 1. The zero-order valence-corrected chi connectivity index (χ0v) is 12.7. The predicted molar refractivity (Wildman–Crippen MR) is 85.7 cm³/mol. The van der Waals surface area contributed by atoms with Crippen molar-refractivity contribution in [1.29, 1.82) is 0 Å². The van der Waals surface area contributed by atoms with E-state index in [0.29, 0.717) is 17.1 Å². The number of hydrogen-bond donors (Lipinski definition) is 2. The van der Waals surface area contributed by atoms with Crippen LogP contribution in [0.2, 0.25) is 0 Å². The Bertz CT molecular complexity index is 705. The molecule has 0 radical (unpaired) electrons. The molecule has 1 aromatic heterocycles. The fourth-order valence-electron chi connectivity index (χ4n) is 4.10. The molecule has 1 amide bonds. The Morgan fingerprint density at radius 3 is 2.82 bits per heavy atom. The summed E-state index contributed by atoms with van der Waals surface area (Å²) in [5, 5.41) is 9.40. The first kappa shape index (κ1) is 13.8. The monoisotopic (exact) mass is 298 g/mol. The van der Waals surface area contributed by atoms with Gasteiger partial charge in [0.1, 0.15) is 0 Å². The van der Waals surface area contributed by atoms with Gasteiger partial charge < -0.3 is 11.1 Å². The second-order valence-corrected chi connectivity index (χ2v) is 6.79. The van der Waals surface area contributed by atoms with E-state index in [0.717, 1.165) is 10.9 Å². The van der Waals surface area contributed by atoms with E-state index < -0.39 is 0 Å². The lowest BCUT2D eigenvalue weighted by atomic mass is 9.78. The van der Waals surface area contributed by atoms with Gasteiger partial charge in [-0.25, -0.2) is 0 Å². The van der Waals surface area contributed by atoms with Crippen LogP contribution in [0.25, 0.3) is 10.9 Å². The van der Waals surface area contributed by atoms with E-state index in [1.165, 1.54) is 45.1 Å². The molecule has 0 atom stereocenters. The van der Waals surface area contributed by atoms with Crippen LogP contribution < -0.4 is 11.1 Å². The number of carbonyl (C=O) groups excluding carboxylic acids is 1. The third kappa shape index (κ3) is 2.29. The molecule has 1 aliphatic heterocycles. The van der Waals surface area contributed by atoms with Gasteiger partial charge in [0.2, 0.25) is 5.91 Å². The molecule has 0 unspecified atom stereocenters. The van der Waals surface area contributed by atoms with Crippen LogP contribution in [0.1, 0.15) is 54.9 Å². The summed E-state index contributed by atoms with van der Waals surface area (Å²) >= 11 is 0. The number of nitrogens with one attached hydrogen (secondary N) is 1. The molecule has 4 rings (SSSR count). The molecular formula is C17H22N4O. The number of aromatic nitrogens is 2. The normalized spacial score (nSPS) is 28.5. The Balaban J connectivity index is 1.55. The molecule has 2 aromatic rings. The third-order valence-corrected chi connectivity index (χ3v) is 5.43. The standard InChI is InChI=1S/C17H22N4O/c18-16(22)12-2-3-15-13(10-12)11-21(20-15)14-4-7-17(8-5-14)6-1-9-19-17/h2-3,10-11,14,19H,1,4-9H2,(H2,18,22).